The molecule has 2 bridgehead atoms. The minimum absolute atomic E-state index is 0.0806. The summed E-state index contributed by atoms with van der Waals surface area (Å²) in [6.45, 7) is 16.3. The highest BCUT2D eigenvalue weighted by Crippen LogP contribution is 2.47. The van der Waals surface area contributed by atoms with Crippen molar-refractivity contribution in [2.24, 2.45) is 29.6 Å². The van der Waals surface area contributed by atoms with Crippen LogP contribution in [0.4, 0.5) is 0 Å². The number of esters is 1. The van der Waals surface area contributed by atoms with Gasteiger partial charge in [-0.3, -0.25) is 4.79 Å². The molecule has 0 aromatic carbocycles. The van der Waals surface area contributed by atoms with Crippen molar-refractivity contribution in [1.29, 1.82) is 0 Å². The maximum Gasteiger partial charge on any atom is 0.316 e. The lowest BCUT2D eigenvalue weighted by atomic mass is 9.64. The van der Waals surface area contributed by atoms with Crippen molar-refractivity contribution in [2.75, 3.05) is 27.4 Å². The molecule has 19 unspecified atom stereocenters. The third-order valence-electron chi connectivity index (χ3n) is 14.9. The number of methoxy groups -OCH3 is 2. The van der Waals surface area contributed by atoms with Gasteiger partial charge >= 0.3 is 5.97 Å². The Bertz CT molecular complexity index is 1740. The summed E-state index contributed by atoms with van der Waals surface area (Å²) in [7, 11) is 3.22. The fourth-order valence-corrected chi connectivity index (χ4v) is 10.9. The molecule has 354 valence electrons. The van der Waals surface area contributed by atoms with Crippen molar-refractivity contribution in [3.05, 3.63) is 59.3 Å². The van der Waals surface area contributed by atoms with Crippen molar-refractivity contribution in [3.8, 4) is 0 Å². The normalized spacial score (nSPS) is 46.6. The molecule has 20 atom stereocenters. The van der Waals surface area contributed by atoms with Crippen LogP contribution in [0.3, 0.4) is 0 Å². The number of hydrogen-bond donors (Lipinski definition) is 3. The highest BCUT2D eigenvalue weighted by atomic mass is 16.7. The van der Waals surface area contributed by atoms with E-state index in [1.807, 2.05) is 32.1 Å². The van der Waals surface area contributed by atoms with E-state index < -0.39 is 90.6 Å². The lowest BCUT2D eigenvalue weighted by molar-refractivity contribution is -0.318. The first-order chi connectivity index (χ1) is 30.0. The number of carbonyl (C=O) groups is 1. The number of allylic oxidation sites excluding steroid dienone is 2. The van der Waals surface area contributed by atoms with E-state index in [2.05, 4.69) is 39.8 Å². The van der Waals surface area contributed by atoms with Crippen molar-refractivity contribution in [1.82, 2.24) is 0 Å². The van der Waals surface area contributed by atoms with Crippen LogP contribution in [0.5, 0.6) is 0 Å². The number of ether oxygens (including phenoxy) is 10. The zero-order chi connectivity index (χ0) is 45.4. The molecule has 0 radical (unpaired) electrons. The predicted molar refractivity (Wildman–Crippen MR) is 232 cm³/mol. The Labute approximate surface area is 373 Å². The second-order valence-electron chi connectivity index (χ2n) is 19.3. The number of hydrogen-bond acceptors (Lipinski definition) is 14. The van der Waals surface area contributed by atoms with Crippen LogP contribution in [0.25, 0.3) is 0 Å². The van der Waals surface area contributed by atoms with E-state index in [-0.39, 0.29) is 49.3 Å². The molecular formula is C49H74O14. The Hall–Kier alpha value is -2.31. The molecule has 3 N–H and O–H groups in total. The summed E-state index contributed by atoms with van der Waals surface area (Å²) in [5.74, 6) is -3.28. The van der Waals surface area contributed by atoms with Gasteiger partial charge in [-0.1, -0.05) is 70.6 Å². The van der Waals surface area contributed by atoms with Crippen LogP contribution in [-0.2, 0) is 52.2 Å². The molecule has 0 aromatic heterocycles. The van der Waals surface area contributed by atoms with Gasteiger partial charge in [0.2, 0.25) is 0 Å². The molecular weight excluding hydrogens is 813 g/mol. The monoisotopic (exact) mass is 887 g/mol. The Morgan fingerprint density at radius 1 is 0.889 bits per heavy atom. The average molecular weight is 887 g/mol. The lowest BCUT2D eigenvalue weighted by Crippen LogP contribution is -2.61. The molecule has 1 spiro atoms. The van der Waals surface area contributed by atoms with Crippen molar-refractivity contribution < 1.29 is 67.5 Å². The molecule has 1 aliphatic carbocycles. The van der Waals surface area contributed by atoms with Crippen molar-refractivity contribution in [3.63, 3.8) is 0 Å². The molecule has 14 heteroatoms. The smallest absolute Gasteiger partial charge is 0.316 e. The minimum Gasteiger partial charge on any atom is -0.462 e. The quantitative estimate of drug-likeness (QED) is 0.203. The van der Waals surface area contributed by atoms with E-state index in [1.165, 1.54) is 0 Å². The van der Waals surface area contributed by atoms with Gasteiger partial charge in [-0.25, -0.2) is 0 Å². The zero-order valence-corrected chi connectivity index (χ0v) is 38.9. The Morgan fingerprint density at radius 3 is 2.33 bits per heavy atom. The van der Waals surface area contributed by atoms with Crippen LogP contribution < -0.4 is 0 Å². The third-order valence-corrected chi connectivity index (χ3v) is 14.9. The largest absolute Gasteiger partial charge is 0.462 e. The average Bonchev–Trinajstić information content (AvgIpc) is 3.25. The molecule has 6 aliphatic heterocycles. The second kappa shape index (κ2) is 20.3. The molecule has 0 saturated carbocycles. The summed E-state index contributed by atoms with van der Waals surface area (Å²) in [6, 6.07) is 0. The van der Waals surface area contributed by atoms with Gasteiger partial charge in [-0.05, 0) is 62.8 Å². The number of carbonyl (C=O) groups excluding carboxylic acids is 1. The SMILES string of the molecule is CCC(C)C1OC2(C=CC1C)CC1CC(CC=C(C)C(OC3CC(OC)C(OC4CC(OC)C(O)C(C)O4)C(C)O3)C(C)C=CC=C3COCC4C(O)C(C)=CC(C(=O)O1)[C@]34O)O2. The lowest BCUT2D eigenvalue weighted by Gasteiger charge is -2.50. The summed E-state index contributed by atoms with van der Waals surface area (Å²) < 4.78 is 63.7. The van der Waals surface area contributed by atoms with E-state index in [0.717, 1.165) is 12.0 Å². The van der Waals surface area contributed by atoms with Crippen LogP contribution in [0, 0.1) is 29.6 Å². The maximum atomic E-state index is 14.5. The van der Waals surface area contributed by atoms with Gasteiger partial charge in [-0.15, -0.1) is 0 Å². The summed E-state index contributed by atoms with van der Waals surface area (Å²) in [5, 5.41) is 34.6. The summed E-state index contributed by atoms with van der Waals surface area (Å²) >= 11 is 0. The fourth-order valence-electron chi connectivity index (χ4n) is 10.9. The van der Waals surface area contributed by atoms with Crippen LogP contribution in [0.1, 0.15) is 93.9 Å². The first-order valence-electron chi connectivity index (χ1n) is 23.3. The first-order valence-corrected chi connectivity index (χ1v) is 23.3. The van der Waals surface area contributed by atoms with Gasteiger partial charge in [0.25, 0.3) is 0 Å². The van der Waals surface area contributed by atoms with Gasteiger partial charge in [0.1, 0.15) is 29.8 Å². The standard InChI is InChI=1S/C49H74O14/c1-11-26(2)45-29(5)17-18-48(63-45)23-35-20-34(62-48)16-15-28(4)44(60-41-22-39(55-10)46(32(8)58-41)61-40-21-38(54-9)43(51)31(7)57-40)27(3)13-12-14-33-24-56-25-37-42(50)30(6)19-36(47(52)59-35)49(33,37)53/h12-15,17-19,26-27,29,31-32,34-46,50-51,53H,11,16,20-25H2,1-10H3/t26?,27?,29?,31?,32?,34?,35?,36?,37?,38?,39?,40?,41?,42?,43?,44?,45?,46?,48?,49-/m1/s1. The number of fused-ring (bicyclic) bond motifs is 2. The molecule has 4 saturated heterocycles. The molecule has 6 heterocycles. The van der Waals surface area contributed by atoms with E-state index >= 15 is 0 Å². The minimum atomic E-state index is -1.75. The molecule has 0 aromatic rings. The van der Waals surface area contributed by atoms with Crippen LogP contribution >= 0.6 is 0 Å². The fraction of sp³-hybridized carbons (Fsp3) is 0.776. The van der Waals surface area contributed by atoms with Gasteiger partial charge in [0.15, 0.2) is 18.4 Å². The van der Waals surface area contributed by atoms with Gasteiger partial charge in [-0.2, -0.15) is 0 Å². The van der Waals surface area contributed by atoms with Crippen LogP contribution in [-0.4, -0.2) is 140 Å². The first kappa shape index (κ1) is 48.6. The highest BCUT2D eigenvalue weighted by molar-refractivity contribution is 5.78. The molecule has 7 aliphatic rings. The van der Waals surface area contributed by atoms with E-state index in [0.29, 0.717) is 43.3 Å². The van der Waals surface area contributed by atoms with Gasteiger partial charge in [0.05, 0.1) is 62.0 Å². The Morgan fingerprint density at radius 2 is 1.60 bits per heavy atom. The third kappa shape index (κ3) is 10.2. The highest BCUT2D eigenvalue weighted by Gasteiger charge is 2.58. The van der Waals surface area contributed by atoms with E-state index in [9.17, 15) is 20.1 Å². The van der Waals surface area contributed by atoms with E-state index in [1.54, 1.807) is 40.2 Å². The Balaban J connectivity index is 1.19. The van der Waals surface area contributed by atoms with Gasteiger partial charge in [0, 0.05) is 57.7 Å². The molecule has 63 heavy (non-hydrogen) atoms. The Kier molecular flexibility index (Phi) is 15.7. The van der Waals surface area contributed by atoms with Crippen LogP contribution in [0.15, 0.2) is 59.3 Å². The predicted octanol–water partition coefficient (Wildman–Crippen LogP) is 5.63. The summed E-state index contributed by atoms with van der Waals surface area (Å²) in [6.07, 6.45) is 9.81. The summed E-state index contributed by atoms with van der Waals surface area (Å²) in [4.78, 5) is 14.5. The molecule has 0 amide bonds. The van der Waals surface area contributed by atoms with Crippen LogP contribution in [0.2, 0.25) is 0 Å². The maximum absolute atomic E-state index is 14.5. The number of aliphatic hydroxyl groups excluding tert-OH is 2. The number of rotatable bonds is 8. The molecule has 7 rings (SSSR count). The van der Waals surface area contributed by atoms with Gasteiger partial charge < -0.3 is 62.7 Å². The number of aliphatic hydroxyl groups is 3. The van der Waals surface area contributed by atoms with Crippen molar-refractivity contribution >= 4 is 5.97 Å². The summed E-state index contributed by atoms with van der Waals surface area (Å²) in [5.41, 5.74) is 0.277. The molecule has 4 fully saturated rings. The zero-order valence-electron chi connectivity index (χ0n) is 38.9. The van der Waals surface area contributed by atoms with E-state index in [4.69, 9.17) is 47.4 Å². The second-order valence-corrected chi connectivity index (χ2v) is 19.3. The van der Waals surface area contributed by atoms with Crippen molar-refractivity contribution in [2.45, 2.75) is 185 Å². The topological polar surface area (TPSA) is 170 Å². The molecule has 14 nitrogen and oxygen atoms in total.